The van der Waals surface area contributed by atoms with E-state index >= 15 is 0 Å². The van der Waals surface area contributed by atoms with E-state index in [1.54, 1.807) is 9.83 Å². The first-order valence-electron chi connectivity index (χ1n) is 7.66. The maximum Gasteiger partial charge on any atom is 0.231 e. The van der Waals surface area contributed by atoms with Gasteiger partial charge in [0.15, 0.2) is 0 Å². The maximum absolute atomic E-state index is 5.80. The summed E-state index contributed by atoms with van der Waals surface area (Å²) in [5.41, 5.74) is 0. The highest BCUT2D eigenvalue weighted by atomic mass is 33.5. The summed E-state index contributed by atoms with van der Waals surface area (Å²) in [5.74, 6) is 0. The van der Waals surface area contributed by atoms with E-state index in [9.17, 15) is 0 Å². The van der Waals surface area contributed by atoms with Crippen molar-refractivity contribution in [1.29, 1.82) is 0 Å². The number of hydrogen-bond donors (Lipinski definition) is 0. The van der Waals surface area contributed by atoms with Crippen molar-refractivity contribution in [3.63, 3.8) is 0 Å². The number of hydrogen-bond acceptors (Lipinski definition) is 7. The van der Waals surface area contributed by atoms with E-state index in [-0.39, 0.29) is 0 Å². The fourth-order valence-electron chi connectivity index (χ4n) is 2.75. The smallest absolute Gasteiger partial charge is 0.231 e. The topological polar surface area (TPSA) is 18.5 Å². The van der Waals surface area contributed by atoms with Crippen molar-refractivity contribution in [3.8, 4) is 0 Å². The number of rotatable bonds is 4. The Balaban J connectivity index is 1.53. The molecule has 0 aliphatic heterocycles. The van der Waals surface area contributed by atoms with E-state index in [2.05, 4.69) is 0 Å². The van der Waals surface area contributed by atoms with Crippen molar-refractivity contribution in [2.45, 2.75) is 76.4 Å². The molecule has 0 amide bonds. The highest BCUT2D eigenvalue weighted by molar-refractivity contribution is 9.15. The Morgan fingerprint density at radius 3 is 1.43 bits per heavy atom. The first-order chi connectivity index (χ1) is 10.2. The minimum atomic E-state index is 0.329. The molecule has 0 aromatic carbocycles. The van der Waals surface area contributed by atoms with Gasteiger partial charge in [0.05, 0.1) is 0 Å². The van der Waals surface area contributed by atoms with Gasteiger partial charge in [-0.25, -0.2) is 0 Å². The molecule has 0 heterocycles. The van der Waals surface area contributed by atoms with Crippen LogP contribution in [0.25, 0.3) is 0 Å². The molecule has 2 fully saturated rings. The molecule has 2 aliphatic rings. The molecule has 0 unspecified atom stereocenters. The van der Waals surface area contributed by atoms with Gasteiger partial charge in [-0.05, 0) is 85.6 Å². The second-order valence-corrected chi connectivity index (χ2v) is 10.6. The lowest BCUT2D eigenvalue weighted by molar-refractivity contribution is 0.153. The van der Waals surface area contributed by atoms with Gasteiger partial charge >= 0.3 is 0 Å². The second kappa shape index (κ2) is 10.6. The lowest BCUT2D eigenvalue weighted by Gasteiger charge is -2.23. The zero-order valence-corrected chi connectivity index (χ0v) is 16.2. The minimum Gasteiger partial charge on any atom is -0.475 e. The average molecular weight is 383 g/mol. The van der Waals surface area contributed by atoms with Crippen LogP contribution in [-0.4, -0.2) is 21.0 Å². The number of ether oxygens (including phenoxy) is 2. The Bertz CT molecular complexity index is 306. The van der Waals surface area contributed by atoms with E-state index in [0.29, 0.717) is 21.0 Å². The normalized spacial score (nSPS) is 21.0. The molecule has 2 aliphatic carbocycles. The van der Waals surface area contributed by atoms with Gasteiger partial charge < -0.3 is 9.47 Å². The lowest BCUT2D eigenvalue weighted by Crippen LogP contribution is -2.18. The molecule has 0 saturated heterocycles. The van der Waals surface area contributed by atoms with Crippen molar-refractivity contribution < 1.29 is 9.47 Å². The van der Waals surface area contributed by atoms with Crippen LogP contribution in [0.1, 0.15) is 64.2 Å². The van der Waals surface area contributed by atoms with Crippen LogP contribution in [-0.2, 0) is 9.47 Å². The van der Waals surface area contributed by atoms with E-state index in [4.69, 9.17) is 33.9 Å². The number of thiocarbonyl (C=S) groups is 2. The molecule has 120 valence electrons. The standard InChI is InChI=1S/C14H22O2S5/c17-13(15-11-7-3-1-4-8-11)19-21-20-14(18)16-12-9-5-2-6-10-12/h11-12H,1-10H2. The van der Waals surface area contributed by atoms with E-state index < -0.39 is 0 Å². The third kappa shape index (κ3) is 7.77. The van der Waals surface area contributed by atoms with Crippen molar-refractivity contribution in [1.82, 2.24) is 0 Å². The second-order valence-electron chi connectivity index (χ2n) is 5.49. The highest BCUT2D eigenvalue weighted by Crippen LogP contribution is 2.39. The van der Waals surface area contributed by atoms with E-state index in [1.165, 1.54) is 60.1 Å². The molecule has 2 nitrogen and oxygen atoms in total. The SMILES string of the molecule is S=C(OC1CCCCC1)SSSC(=S)OC1CCCCC1. The van der Waals surface area contributed by atoms with E-state index in [1.807, 2.05) is 0 Å². The molecule has 0 aromatic heterocycles. The van der Waals surface area contributed by atoms with Gasteiger partial charge in [-0.1, -0.05) is 12.8 Å². The third-order valence-corrected chi connectivity index (χ3v) is 8.30. The quantitative estimate of drug-likeness (QED) is 0.415. The molecule has 7 heteroatoms. The first kappa shape index (κ1) is 18.2. The van der Waals surface area contributed by atoms with Crippen LogP contribution < -0.4 is 0 Å². The zero-order chi connectivity index (χ0) is 14.9. The third-order valence-electron chi connectivity index (χ3n) is 3.83. The Morgan fingerprint density at radius 1 is 0.667 bits per heavy atom. The molecule has 0 aromatic rings. The lowest BCUT2D eigenvalue weighted by atomic mass is 9.98. The molecule has 0 bridgehead atoms. The van der Waals surface area contributed by atoms with Gasteiger partial charge in [0.1, 0.15) is 12.2 Å². The summed E-state index contributed by atoms with van der Waals surface area (Å²) in [6.45, 7) is 0. The van der Waals surface area contributed by atoms with Gasteiger partial charge in [-0.2, -0.15) is 0 Å². The van der Waals surface area contributed by atoms with Crippen LogP contribution in [0, 0.1) is 0 Å². The molecule has 0 atom stereocenters. The van der Waals surface area contributed by atoms with Crippen LogP contribution >= 0.6 is 55.8 Å². The maximum atomic E-state index is 5.80. The van der Waals surface area contributed by atoms with Crippen molar-refractivity contribution in [2.24, 2.45) is 0 Å². The Hall–Kier alpha value is 0.830. The van der Waals surface area contributed by atoms with Crippen LogP contribution in [0.15, 0.2) is 0 Å². The van der Waals surface area contributed by atoms with Crippen LogP contribution in [0.5, 0.6) is 0 Å². The fraction of sp³-hybridized carbons (Fsp3) is 0.857. The average Bonchev–Trinajstić information content (AvgIpc) is 2.49. The molecule has 0 radical (unpaired) electrons. The predicted molar refractivity (Wildman–Crippen MR) is 104 cm³/mol. The largest absolute Gasteiger partial charge is 0.475 e. The molecule has 0 spiro atoms. The highest BCUT2D eigenvalue weighted by Gasteiger charge is 2.18. The Morgan fingerprint density at radius 2 is 1.05 bits per heavy atom. The molecular weight excluding hydrogens is 360 g/mol. The van der Waals surface area contributed by atoms with Gasteiger partial charge in [-0.15, -0.1) is 0 Å². The molecule has 0 N–H and O–H groups in total. The predicted octanol–water partition coefficient (Wildman–Crippen LogP) is 6.28. The van der Waals surface area contributed by atoms with Crippen molar-refractivity contribution >= 4 is 64.6 Å². The molecule has 2 saturated carbocycles. The summed E-state index contributed by atoms with van der Waals surface area (Å²) in [5, 5.41) is 0. The first-order valence-corrected chi connectivity index (χ1v) is 12.0. The molecular formula is C14H22O2S5. The Labute approximate surface area is 150 Å². The summed E-state index contributed by atoms with van der Waals surface area (Å²) in [6.07, 6.45) is 12.9. The fourth-order valence-corrected chi connectivity index (χ4v) is 7.00. The minimum absolute atomic E-state index is 0.329. The van der Waals surface area contributed by atoms with Gasteiger partial charge in [0.2, 0.25) is 8.77 Å². The van der Waals surface area contributed by atoms with Gasteiger partial charge in [0, 0.05) is 21.6 Å². The summed E-state index contributed by atoms with van der Waals surface area (Å²) in [7, 11) is 4.51. The van der Waals surface area contributed by atoms with Gasteiger partial charge in [-0.3, -0.25) is 0 Å². The monoisotopic (exact) mass is 382 g/mol. The van der Waals surface area contributed by atoms with Crippen molar-refractivity contribution in [2.75, 3.05) is 0 Å². The molecule has 2 rings (SSSR count). The molecule has 21 heavy (non-hydrogen) atoms. The van der Waals surface area contributed by atoms with Crippen LogP contribution in [0.2, 0.25) is 0 Å². The van der Waals surface area contributed by atoms with E-state index in [0.717, 1.165) is 25.7 Å². The summed E-state index contributed by atoms with van der Waals surface area (Å²) >= 11 is 10.5. The van der Waals surface area contributed by atoms with Crippen molar-refractivity contribution in [3.05, 3.63) is 0 Å². The Kier molecular flexibility index (Phi) is 9.15. The van der Waals surface area contributed by atoms with Gasteiger partial charge in [0.25, 0.3) is 0 Å². The summed E-state index contributed by atoms with van der Waals surface area (Å²) < 4.78 is 12.8. The summed E-state index contributed by atoms with van der Waals surface area (Å²) in [4.78, 5) is 0. The van der Waals surface area contributed by atoms with Crippen LogP contribution in [0.4, 0.5) is 0 Å². The van der Waals surface area contributed by atoms with Crippen LogP contribution in [0.3, 0.4) is 0 Å². The summed E-state index contributed by atoms with van der Waals surface area (Å²) in [6, 6.07) is 0. The zero-order valence-electron chi connectivity index (χ0n) is 12.1.